The summed E-state index contributed by atoms with van der Waals surface area (Å²) in [5.74, 6) is -1.09. The summed E-state index contributed by atoms with van der Waals surface area (Å²) >= 11 is 0. The van der Waals surface area contributed by atoms with Crippen LogP contribution in [0.1, 0.15) is 39.2 Å². The third kappa shape index (κ3) is 4.11. The molecule has 5 unspecified atom stereocenters. The predicted molar refractivity (Wildman–Crippen MR) is 129 cm³/mol. The van der Waals surface area contributed by atoms with Crippen LogP contribution in [0.25, 0.3) is 0 Å². The lowest BCUT2D eigenvalue weighted by Crippen LogP contribution is -2.59. The van der Waals surface area contributed by atoms with Crippen molar-refractivity contribution in [2.75, 3.05) is 0 Å². The Kier molecular flexibility index (Phi) is 6.43. The number of rotatable bonds is 2. The lowest BCUT2D eigenvalue weighted by Gasteiger charge is -2.51. The van der Waals surface area contributed by atoms with E-state index in [9.17, 15) is 20.1 Å². The van der Waals surface area contributed by atoms with Gasteiger partial charge in [-0.25, -0.2) is 0 Å². The van der Waals surface area contributed by atoms with Gasteiger partial charge in [-0.05, 0) is 49.2 Å². The number of amides is 1. The molecule has 4 rings (SSSR count). The Balaban J connectivity index is 1.85. The largest absolute Gasteiger partial charge is 0.388 e. The predicted octanol–water partition coefficient (Wildman–Crippen LogP) is 3.17. The highest BCUT2D eigenvalue weighted by molar-refractivity contribution is 5.88. The second-order valence-corrected chi connectivity index (χ2v) is 10.7. The van der Waals surface area contributed by atoms with Crippen molar-refractivity contribution in [2.24, 2.45) is 29.1 Å². The molecule has 9 atom stereocenters. The van der Waals surface area contributed by atoms with Gasteiger partial charge in [0.25, 0.3) is 0 Å². The van der Waals surface area contributed by atoms with E-state index in [0.29, 0.717) is 24.8 Å². The Morgan fingerprint density at radius 3 is 2.55 bits per heavy atom. The lowest BCUT2D eigenvalue weighted by atomic mass is 9.51. The summed E-state index contributed by atoms with van der Waals surface area (Å²) in [5, 5.41) is 37.0. The van der Waals surface area contributed by atoms with Gasteiger partial charge in [-0.3, -0.25) is 4.79 Å². The quantitative estimate of drug-likeness (QED) is 0.520. The van der Waals surface area contributed by atoms with Crippen LogP contribution in [0.2, 0.25) is 0 Å². The van der Waals surface area contributed by atoms with E-state index in [2.05, 4.69) is 18.8 Å². The second-order valence-electron chi connectivity index (χ2n) is 10.7. The Labute approximate surface area is 196 Å². The van der Waals surface area contributed by atoms with Crippen LogP contribution >= 0.6 is 0 Å². The van der Waals surface area contributed by atoms with E-state index < -0.39 is 29.1 Å². The van der Waals surface area contributed by atoms with Gasteiger partial charge in [0.2, 0.25) is 5.91 Å². The molecule has 2 aliphatic carbocycles. The molecule has 1 aromatic carbocycles. The minimum absolute atomic E-state index is 0.176. The number of carbonyl (C=O) groups excluding carboxylic acids is 1. The van der Waals surface area contributed by atoms with Crippen LogP contribution < -0.4 is 5.32 Å². The molecule has 1 spiro atoms. The van der Waals surface area contributed by atoms with Gasteiger partial charge in [0, 0.05) is 17.9 Å². The van der Waals surface area contributed by atoms with Gasteiger partial charge >= 0.3 is 0 Å². The normalized spacial score (nSPS) is 45.3. The molecule has 1 saturated heterocycles. The Bertz CT molecular complexity index is 952. The fourth-order valence-electron chi connectivity index (χ4n) is 6.61. The number of hydrogen-bond donors (Lipinski definition) is 4. The molecule has 5 heteroatoms. The molecule has 33 heavy (non-hydrogen) atoms. The van der Waals surface area contributed by atoms with Gasteiger partial charge in [-0.2, -0.15) is 0 Å². The van der Waals surface area contributed by atoms with Gasteiger partial charge in [0.1, 0.15) is 0 Å². The molecule has 1 aromatic rings. The zero-order valence-electron chi connectivity index (χ0n) is 19.8. The summed E-state index contributed by atoms with van der Waals surface area (Å²) in [6.45, 7) is 10.00. The van der Waals surface area contributed by atoms with Crippen LogP contribution in [0, 0.1) is 29.1 Å². The number of benzene rings is 1. The van der Waals surface area contributed by atoms with Crippen molar-refractivity contribution in [3.63, 3.8) is 0 Å². The molecule has 1 heterocycles. The third-order valence-electron chi connectivity index (χ3n) is 8.16. The molecule has 2 fully saturated rings. The fraction of sp³-hybridized carbons (Fsp3) is 0.536. The first kappa shape index (κ1) is 23.9. The van der Waals surface area contributed by atoms with E-state index in [-0.39, 0.29) is 29.7 Å². The Hall–Kier alpha value is -2.21. The molecule has 4 N–H and O–H groups in total. The minimum Gasteiger partial charge on any atom is -0.388 e. The van der Waals surface area contributed by atoms with Gasteiger partial charge in [0.05, 0.1) is 23.2 Å². The van der Waals surface area contributed by atoms with E-state index >= 15 is 0 Å². The zero-order chi connectivity index (χ0) is 24.0. The lowest BCUT2D eigenvalue weighted by molar-refractivity contribution is -0.147. The Morgan fingerprint density at radius 2 is 1.85 bits per heavy atom. The van der Waals surface area contributed by atoms with Crippen molar-refractivity contribution < 1.29 is 20.1 Å². The molecule has 1 aliphatic heterocycles. The van der Waals surface area contributed by atoms with Crippen molar-refractivity contribution in [1.29, 1.82) is 0 Å². The summed E-state index contributed by atoms with van der Waals surface area (Å²) in [4.78, 5) is 13.8. The van der Waals surface area contributed by atoms with Crippen molar-refractivity contribution >= 4 is 5.91 Å². The van der Waals surface area contributed by atoms with Crippen LogP contribution in [0.15, 0.2) is 66.8 Å². The molecule has 1 saturated carbocycles. The van der Waals surface area contributed by atoms with Gasteiger partial charge in [0.15, 0.2) is 0 Å². The molecule has 5 nitrogen and oxygen atoms in total. The van der Waals surface area contributed by atoms with Crippen LogP contribution in [0.4, 0.5) is 0 Å². The summed E-state index contributed by atoms with van der Waals surface area (Å²) in [5.41, 5.74) is -0.544. The topological polar surface area (TPSA) is 89.8 Å². The molecule has 1 amide bonds. The SMILES string of the molecule is C=C1C(O)C2/C=C/CC(C)CC(C)(O)/C=C/[C@@H](O)C23C(=O)N[C@@H](Cc2ccccc2)[C@@H]3[C@@H]1C. The third-order valence-corrected chi connectivity index (χ3v) is 8.16. The van der Waals surface area contributed by atoms with Crippen LogP contribution in [0.5, 0.6) is 0 Å². The number of aliphatic hydroxyl groups excluding tert-OH is 2. The Morgan fingerprint density at radius 1 is 1.15 bits per heavy atom. The van der Waals surface area contributed by atoms with E-state index in [4.69, 9.17) is 0 Å². The molecular formula is C28H37NO4. The van der Waals surface area contributed by atoms with E-state index in [0.717, 1.165) is 5.56 Å². The van der Waals surface area contributed by atoms with Crippen molar-refractivity contribution in [3.8, 4) is 0 Å². The molecule has 178 valence electrons. The molecule has 0 aromatic heterocycles. The maximum atomic E-state index is 13.8. The average molecular weight is 452 g/mol. The standard InChI is InChI=1S/C28H37NO4/c1-17-9-8-12-21-25(31)19(3)18(2)24-22(15-20-10-6-5-7-11-20)29-26(32)28(21,24)23(30)13-14-27(4,33)16-17/h5-8,10-14,17-18,21-25,30-31,33H,3,9,15-16H2,1-2,4H3,(H,29,32)/b12-8+,14-13+/t17?,18-,21?,22+,23-,24+,25?,27?,28?/m1/s1. The number of carbonyl (C=O) groups is 1. The summed E-state index contributed by atoms with van der Waals surface area (Å²) < 4.78 is 0. The van der Waals surface area contributed by atoms with Gasteiger partial charge < -0.3 is 20.6 Å². The first-order valence-electron chi connectivity index (χ1n) is 12.1. The highest BCUT2D eigenvalue weighted by atomic mass is 16.3. The van der Waals surface area contributed by atoms with Crippen LogP contribution in [-0.4, -0.2) is 45.1 Å². The molecular weight excluding hydrogens is 414 g/mol. The summed E-state index contributed by atoms with van der Waals surface area (Å²) in [7, 11) is 0. The smallest absolute Gasteiger partial charge is 0.230 e. The first-order chi connectivity index (χ1) is 15.6. The summed E-state index contributed by atoms with van der Waals surface area (Å²) in [6.07, 6.45) is 6.88. The fourth-order valence-corrected chi connectivity index (χ4v) is 6.61. The number of hydrogen-bond acceptors (Lipinski definition) is 4. The second kappa shape index (κ2) is 8.86. The van der Waals surface area contributed by atoms with E-state index in [1.165, 1.54) is 0 Å². The van der Waals surface area contributed by atoms with Crippen molar-refractivity contribution in [2.45, 2.75) is 63.9 Å². The van der Waals surface area contributed by atoms with Gasteiger partial charge in [-0.1, -0.05) is 75.1 Å². The summed E-state index contributed by atoms with van der Waals surface area (Å²) in [6, 6.07) is 9.80. The van der Waals surface area contributed by atoms with E-state index in [1.807, 2.05) is 49.4 Å². The average Bonchev–Trinajstić information content (AvgIpc) is 3.04. The van der Waals surface area contributed by atoms with Crippen molar-refractivity contribution in [3.05, 3.63) is 72.4 Å². The molecule has 0 radical (unpaired) electrons. The van der Waals surface area contributed by atoms with Crippen LogP contribution in [0.3, 0.4) is 0 Å². The highest BCUT2D eigenvalue weighted by Crippen LogP contribution is 2.57. The van der Waals surface area contributed by atoms with Crippen LogP contribution in [-0.2, 0) is 11.2 Å². The highest BCUT2D eigenvalue weighted by Gasteiger charge is 2.67. The monoisotopic (exact) mass is 451 g/mol. The van der Waals surface area contributed by atoms with Gasteiger partial charge in [-0.15, -0.1) is 0 Å². The van der Waals surface area contributed by atoms with E-state index in [1.54, 1.807) is 19.1 Å². The number of aliphatic hydroxyl groups is 3. The maximum Gasteiger partial charge on any atom is 0.230 e. The number of nitrogens with one attached hydrogen (secondary N) is 1. The van der Waals surface area contributed by atoms with Crippen molar-refractivity contribution in [1.82, 2.24) is 5.32 Å². The number of allylic oxidation sites excluding steroid dienone is 1. The maximum absolute atomic E-state index is 13.8. The molecule has 3 aliphatic rings. The molecule has 0 bridgehead atoms. The first-order valence-corrected chi connectivity index (χ1v) is 12.1. The minimum atomic E-state index is -1.25. The zero-order valence-corrected chi connectivity index (χ0v) is 19.8.